The van der Waals surface area contributed by atoms with Crippen LogP contribution >= 0.6 is 11.6 Å². The highest BCUT2D eigenvalue weighted by atomic mass is 35.5. The summed E-state index contributed by atoms with van der Waals surface area (Å²) in [6, 6.07) is 11.8. The van der Waals surface area contributed by atoms with E-state index in [1.54, 1.807) is 6.33 Å². The second-order valence-electron chi connectivity index (χ2n) is 4.85. The van der Waals surface area contributed by atoms with E-state index in [0.29, 0.717) is 11.6 Å². The summed E-state index contributed by atoms with van der Waals surface area (Å²) in [4.78, 5) is 16.2. The van der Waals surface area contributed by atoms with Crippen molar-refractivity contribution in [2.24, 2.45) is 0 Å². The number of aromatic nitrogens is 2. The number of imidazole rings is 1. The maximum atomic E-state index is 13.6. The van der Waals surface area contributed by atoms with Crippen LogP contribution in [0.25, 0.3) is 11.0 Å². The first-order chi connectivity index (χ1) is 10.6. The van der Waals surface area contributed by atoms with Crippen molar-refractivity contribution >= 4 is 34.2 Å². The number of para-hydroxylation sites is 2. The number of fused-ring (bicyclic) bond motifs is 1. The van der Waals surface area contributed by atoms with Crippen molar-refractivity contribution < 1.29 is 9.18 Å². The lowest BCUT2D eigenvalue weighted by Crippen LogP contribution is -2.15. The maximum Gasteiger partial charge on any atom is 0.226 e. The monoisotopic (exact) mass is 317 g/mol. The van der Waals surface area contributed by atoms with Crippen LogP contribution in [-0.2, 0) is 11.3 Å². The zero-order valence-corrected chi connectivity index (χ0v) is 12.3. The summed E-state index contributed by atoms with van der Waals surface area (Å²) in [6.45, 7) is 0.474. The minimum absolute atomic E-state index is 0.130. The average molecular weight is 318 g/mol. The fourth-order valence-electron chi connectivity index (χ4n) is 2.21. The van der Waals surface area contributed by atoms with Gasteiger partial charge < -0.3 is 9.88 Å². The van der Waals surface area contributed by atoms with Crippen LogP contribution in [0.15, 0.2) is 48.8 Å². The van der Waals surface area contributed by atoms with E-state index in [1.807, 2.05) is 28.8 Å². The summed E-state index contributed by atoms with van der Waals surface area (Å²) in [5.74, 6) is -0.812. The molecule has 1 aromatic heterocycles. The lowest BCUT2D eigenvalue weighted by molar-refractivity contribution is -0.116. The molecule has 0 aliphatic rings. The van der Waals surface area contributed by atoms with Gasteiger partial charge in [0.25, 0.3) is 0 Å². The van der Waals surface area contributed by atoms with Crippen LogP contribution in [0.1, 0.15) is 6.42 Å². The number of aryl methyl sites for hydroxylation is 1. The van der Waals surface area contributed by atoms with Crippen LogP contribution in [0, 0.1) is 5.82 Å². The number of benzene rings is 2. The minimum atomic E-state index is -0.547. The van der Waals surface area contributed by atoms with Crippen molar-refractivity contribution in [3.8, 4) is 0 Å². The number of hydrogen-bond acceptors (Lipinski definition) is 2. The number of rotatable bonds is 4. The molecule has 3 rings (SSSR count). The quantitative estimate of drug-likeness (QED) is 0.794. The first kappa shape index (κ1) is 14.5. The molecule has 0 saturated heterocycles. The molecule has 0 unspecified atom stereocenters. The molecule has 0 saturated carbocycles. The molecular formula is C16H13ClFN3O. The van der Waals surface area contributed by atoms with Gasteiger partial charge in [-0.1, -0.05) is 23.7 Å². The Hall–Kier alpha value is -2.40. The fraction of sp³-hybridized carbons (Fsp3) is 0.125. The number of anilines is 1. The Labute approximate surface area is 131 Å². The van der Waals surface area contributed by atoms with Crippen molar-refractivity contribution in [1.29, 1.82) is 0 Å². The van der Waals surface area contributed by atoms with Gasteiger partial charge >= 0.3 is 0 Å². The van der Waals surface area contributed by atoms with Crippen LogP contribution in [0.2, 0.25) is 5.02 Å². The summed E-state index contributed by atoms with van der Waals surface area (Å²) < 4.78 is 15.5. The highest BCUT2D eigenvalue weighted by molar-refractivity contribution is 6.30. The van der Waals surface area contributed by atoms with Gasteiger partial charge in [-0.2, -0.15) is 0 Å². The summed E-state index contributed by atoms with van der Waals surface area (Å²) in [5, 5.41) is 2.83. The predicted molar refractivity (Wildman–Crippen MR) is 84.4 cm³/mol. The molecule has 0 bridgehead atoms. The van der Waals surface area contributed by atoms with E-state index in [-0.39, 0.29) is 18.0 Å². The Morgan fingerprint density at radius 2 is 2.09 bits per heavy atom. The average Bonchev–Trinajstić information content (AvgIpc) is 2.91. The first-order valence-corrected chi connectivity index (χ1v) is 7.16. The SMILES string of the molecule is O=C(CCn1cnc2ccccc21)Nc1ccc(Cl)cc1F. The van der Waals surface area contributed by atoms with E-state index in [9.17, 15) is 9.18 Å². The first-order valence-electron chi connectivity index (χ1n) is 6.78. The van der Waals surface area contributed by atoms with E-state index >= 15 is 0 Å². The van der Waals surface area contributed by atoms with Crippen LogP contribution < -0.4 is 5.32 Å². The zero-order chi connectivity index (χ0) is 15.5. The van der Waals surface area contributed by atoms with Crippen molar-refractivity contribution in [2.45, 2.75) is 13.0 Å². The number of carbonyl (C=O) groups is 1. The molecule has 0 aliphatic heterocycles. The fourth-order valence-corrected chi connectivity index (χ4v) is 2.37. The Kier molecular flexibility index (Phi) is 4.06. The van der Waals surface area contributed by atoms with Gasteiger partial charge in [0, 0.05) is 18.0 Å². The summed E-state index contributed by atoms with van der Waals surface area (Å²) in [7, 11) is 0. The lowest BCUT2D eigenvalue weighted by Gasteiger charge is -2.07. The smallest absolute Gasteiger partial charge is 0.226 e. The van der Waals surface area contributed by atoms with E-state index in [2.05, 4.69) is 10.3 Å². The number of nitrogens with one attached hydrogen (secondary N) is 1. The molecule has 112 valence electrons. The van der Waals surface area contributed by atoms with Gasteiger partial charge in [-0.25, -0.2) is 9.37 Å². The Morgan fingerprint density at radius 1 is 1.27 bits per heavy atom. The normalized spacial score (nSPS) is 10.8. The van der Waals surface area contributed by atoms with Crippen molar-refractivity contribution in [2.75, 3.05) is 5.32 Å². The molecule has 0 spiro atoms. The highest BCUT2D eigenvalue weighted by Gasteiger charge is 2.09. The highest BCUT2D eigenvalue weighted by Crippen LogP contribution is 2.19. The molecule has 0 radical (unpaired) electrons. The molecule has 0 fully saturated rings. The van der Waals surface area contributed by atoms with Gasteiger partial charge in [-0.15, -0.1) is 0 Å². The molecule has 1 N–H and O–H groups in total. The number of halogens is 2. The van der Waals surface area contributed by atoms with Crippen LogP contribution in [0.4, 0.5) is 10.1 Å². The number of hydrogen-bond donors (Lipinski definition) is 1. The topological polar surface area (TPSA) is 46.9 Å². The second-order valence-corrected chi connectivity index (χ2v) is 5.29. The molecular weight excluding hydrogens is 305 g/mol. The van der Waals surface area contributed by atoms with Crippen LogP contribution in [0.5, 0.6) is 0 Å². The van der Waals surface area contributed by atoms with Gasteiger partial charge in [0.2, 0.25) is 5.91 Å². The largest absolute Gasteiger partial charge is 0.330 e. The molecule has 6 heteroatoms. The molecule has 2 aromatic carbocycles. The second kappa shape index (κ2) is 6.15. The van der Waals surface area contributed by atoms with Gasteiger partial charge in [-0.05, 0) is 30.3 Å². The van der Waals surface area contributed by atoms with Gasteiger partial charge in [0.15, 0.2) is 0 Å². The Balaban J connectivity index is 1.65. The lowest BCUT2D eigenvalue weighted by atomic mass is 10.3. The molecule has 1 amide bonds. The van der Waals surface area contributed by atoms with E-state index in [0.717, 1.165) is 11.0 Å². The van der Waals surface area contributed by atoms with Gasteiger partial charge in [-0.3, -0.25) is 4.79 Å². The molecule has 22 heavy (non-hydrogen) atoms. The Morgan fingerprint density at radius 3 is 2.91 bits per heavy atom. The minimum Gasteiger partial charge on any atom is -0.330 e. The van der Waals surface area contributed by atoms with Gasteiger partial charge in [0.05, 0.1) is 23.0 Å². The van der Waals surface area contributed by atoms with E-state index in [4.69, 9.17) is 11.6 Å². The van der Waals surface area contributed by atoms with Crippen molar-refractivity contribution in [3.05, 3.63) is 59.6 Å². The molecule has 1 heterocycles. The zero-order valence-electron chi connectivity index (χ0n) is 11.6. The molecule has 4 nitrogen and oxygen atoms in total. The Bertz CT molecular complexity index is 831. The van der Waals surface area contributed by atoms with E-state index < -0.39 is 5.82 Å². The van der Waals surface area contributed by atoms with E-state index in [1.165, 1.54) is 18.2 Å². The van der Waals surface area contributed by atoms with Gasteiger partial charge in [0.1, 0.15) is 5.82 Å². The number of amides is 1. The van der Waals surface area contributed by atoms with Crippen LogP contribution in [0.3, 0.4) is 0 Å². The summed E-state index contributed by atoms with van der Waals surface area (Å²) in [5.41, 5.74) is 1.98. The predicted octanol–water partition coefficient (Wildman–Crippen LogP) is 3.86. The standard InChI is InChI=1S/C16H13ClFN3O/c17-11-5-6-13(12(18)9-11)20-16(22)7-8-21-10-19-14-3-1-2-4-15(14)21/h1-6,9-10H,7-8H2,(H,20,22). The van der Waals surface area contributed by atoms with Crippen LogP contribution in [-0.4, -0.2) is 15.5 Å². The third-order valence-electron chi connectivity index (χ3n) is 3.31. The summed E-state index contributed by atoms with van der Waals surface area (Å²) >= 11 is 5.67. The summed E-state index contributed by atoms with van der Waals surface area (Å²) in [6.07, 6.45) is 1.92. The molecule has 0 aliphatic carbocycles. The third kappa shape index (κ3) is 3.09. The molecule has 0 atom stereocenters. The van der Waals surface area contributed by atoms with Crippen molar-refractivity contribution in [1.82, 2.24) is 9.55 Å². The van der Waals surface area contributed by atoms with Crippen molar-refractivity contribution in [3.63, 3.8) is 0 Å². The number of nitrogens with zero attached hydrogens (tertiary/aromatic N) is 2. The molecule has 3 aromatic rings. The maximum absolute atomic E-state index is 13.6. The number of carbonyl (C=O) groups excluding carboxylic acids is 1. The third-order valence-corrected chi connectivity index (χ3v) is 3.55.